The number of thioether (sulfide) groups is 2. The number of rotatable bonds is 5. The zero-order valence-electron chi connectivity index (χ0n) is 9.62. The molecule has 0 spiro atoms. The molecule has 0 saturated carbocycles. The zero-order chi connectivity index (χ0) is 12.8. The first-order valence-corrected chi connectivity index (χ1v) is 8.16. The Hall–Kier alpha value is -1.05. The van der Waals surface area contributed by atoms with E-state index >= 15 is 0 Å². The minimum atomic E-state index is -0.0624. The van der Waals surface area contributed by atoms with Gasteiger partial charge in [-0.25, -0.2) is 0 Å². The van der Waals surface area contributed by atoms with Crippen LogP contribution >= 0.6 is 34.9 Å². The quantitative estimate of drug-likeness (QED) is 0.679. The summed E-state index contributed by atoms with van der Waals surface area (Å²) in [5, 5.41) is 11.1. The fraction of sp³-hybridized carbons (Fsp3) is 0.182. The molecule has 0 aliphatic carbocycles. The number of anilines is 1. The predicted molar refractivity (Wildman–Crippen MR) is 77.5 cm³/mol. The smallest absolute Gasteiger partial charge is 0.236 e. The van der Waals surface area contributed by atoms with Gasteiger partial charge in [-0.1, -0.05) is 41.3 Å². The Morgan fingerprint density at radius 1 is 1.33 bits per heavy atom. The molecule has 0 unspecified atom stereocenters. The summed E-state index contributed by atoms with van der Waals surface area (Å²) in [5.41, 5.74) is 0. The summed E-state index contributed by atoms with van der Waals surface area (Å²) in [5.74, 6) is 0.311. The number of nitrogens with one attached hydrogen (secondary N) is 1. The van der Waals surface area contributed by atoms with Crippen LogP contribution < -0.4 is 5.32 Å². The maximum atomic E-state index is 11.7. The first kappa shape index (κ1) is 13.4. The van der Waals surface area contributed by atoms with E-state index in [1.807, 2.05) is 36.6 Å². The van der Waals surface area contributed by atoms with E-state index in [4.69, 9.17) is 0 Å². The van der Waals surface area contributed by atoms with Crippen LogP contribution in [0.15, 0.2) is 39.6 Å². The van der Waals surface area contributed by atoms with E-state index in [0.717, 1.165) is 9.24 Å². The number of hydrogen-bond donors (Lipinski definition) is 1. The average molecular weight is 297 g/mol. The topological polar surface area (TPSA) is 54.9 Å². The van der Waals surface area contributed by atoms with Crippen molar-refractivity contribution in [1.82, 2.24) is 10.2 Å². The molecule has 0 radical (unpaired) electrons. The molecule has 0 atom stereocenters. The molecular weight excluding hydrogens is 286 g/mol. The Balaban J connectivity index is 1.82. The highest BCUT2D eigenvalue weighted by atomic mass is 32.2. The van der Waals surface area contributed by atoms with Crippen LogP contribution in [0.25, 0.3) is 0 Å². The lowest BCUT2D eigenvalue weighted by atomic mass is 10.4. The monoisotopic (exact) mass is 297 g/mol. The molecule has 4 nitrogen and oxygen atoms in total. The van der Waals surface area contributed by atoms with Crippen molar-refractivity contribution in [3.05, 3.63) is 30.3 Å². The van der Waals surface area contributed by atoms with Crippen molar-refractivity contribution in [3.63, 3.8) is 0 Å². The van der Waals surface area contributed by atoms with E-state index in [1.165, 1.54) is 34.9 Å². The Kier molecular flexibility index (Phi) is 5.03. The number of carbonyl (C=O) groups excluding carboxylic acids is 1. The SMILES string of the molecule is CSc1nnc(NC(=O)CSc2ccccc2)s1. The molecule has 1 amide bonds. The van der Waals surface area contributed by atoms with Gasteiger partial charge in [0.25, 0.3) is 0 Å². The molecule has 0 saturated heterocycles. The van der Waals surface area contributed by atoms with Gasteiger partial charge >= 0.3 is 0 Å². The van der Waals surface area contributed by atoms with Crippen molar-refractivity contribution in [2.24, 2.45) is 0 Å². The molecule has 18 heavy (non-hydrogen) atoms. The van der Waals surface area contributed by atoms with Crippen LogP contribution in [-0.2, 0) is 4.79 Å². The summed E-state index contributed by atoms with van der Waals surface area (Å²) in [6.07, 6.45) is 1.93. The third kappa shape index (κ3) is 4.01. The summed E-state index contributed by atoms with van der Waals surface area (Å²) in [7, 11) is 0. The fourth-order valence-corrected chi connectivity index (χ4v) is 3.07. The van der Waals surface area contributed by atoms with Crippen molar-refractivity contribution < 1.29 is 4.79 Å². The molecule has 1 N–H and O–H groups in total. The summed E-state index contributed by atoms with van der Waals surface area (Å²) >= 11 is 4.40. The molecule has 1 heterocycles. The Morgan fingerprint density at radius 3 is 2.78 bits per heavy atom. The molecule has 0 aliphatic rings. The van der Waals surface area contributed by atoms with E-state index < -0.39 is 0 Å². The van der Waals surface area contributed by atoms with E-state index in [0.29, 0.717) is 10.9 Å². The summed E-state index contributed by atoms with van der Waals surface area (Å²) < 4.78 is 0.848. The van der Waals surface area contributed by atoms with Gasteiger partial charge in [-0.3, -0.25) is 10.1 Å². The maximum absolute atomic E-state index is 11.7. The molecule has 2 aromatic rings. The van der Waals surface area contributed by atoms with Crippen LogP contribution in [0.3, 0.4) is 0 Å². The number of aromatic nitrogens is 2. The lowest BCUT2D eigenvalue weighted by Gasteiger charge is -2.01. The fourth-order valence-electron chi connectivity index (χ4n) is 1.16. The van der Waals surface area contributed by atoms with E-state index in [1.54, 1.807) is 0 Å². The predicted octanol–water partition coefficient (Wildman–Crippen LogP) is 2.99. The van der Waals surface area contributed by atoms with Crippen molar-refractivity contribution in [3.8, 4) is 0 Å². The summed E-state index contributed by atoms with van der Waals surface area (Å²) in [6.45, 7) is 0. The molecule has 94 valence electrons. The molecule has 2 rings (SSSR count). The van der Waals surface area contributed by atoms with Gasteiger partial charge in [-0.2, -0.15) is 0 Å². The van der Waals surface area contributed by atoms with Crippen molar-refractivity contribution in [1.29, 1.82) is 0 Å². The maximum Gasteiger partial charge on any atom is 0.236 e. The second-order valence-electron chi connectivity index (χ2n) is 3.23. The minimum Gasteiger partial charge on any atom is -0.300 e. The van der Waals surface area contributed by atoms with Crippen molar-refractivity contribution in [2.45, 2.75) is 9.24 Å². The van der Waals surface area contributed by atoms with Gasteiger partial charge in [-0.05, 0) is 18.4 Å². The van der Waals surface area contributed by atoms with Crippen LogP contribution in [0.2, 0.25) is 0 Å². The van der Waals surface area contributed by atoms with Crippen molar-refractivity contribution in [2.75, 3.05) is 17.3 Å². The number of hydrogen-bond acceptors (Lipinski definition) is 6. The number of benzene rings is 1. The molecule has 7 heteroatoms. The van der Waals surface area contributed by atoms with Gasteiger partial charge in [0.05, 0.1) is 5.75 Å². The highest BCUT2D eigenvalue weighted by Gasteiger charge is 2.07. The van der Waals surface area contributed by atoms with Gasteiger partial charge in [-0.15, -0.1) is 22.0 Å². The van der Waals surface area contributed by atoms with Crippen LogP contribution in [0.4, 0.5) is 5.13 Å². The second kappa shape index (κ2) is 6.77. The molecule has 0 bridgehead atoms. The summed E-state index contributed by atoms with van der Waals surface area (Å²) in [6, 6.07) is 9.82. The highest BCUT2D eigenvalue weighted by Crippen LogP contribution is 2.23. The normalized spacial score (nSPS) is 10.3. The van der Waals surface area contributed by atoms with Crippen LogP contribution in [0, 0.1) is 0 Å². The van der Waals surface area contributed by atoms with Crippen LogP contribution in [0.5, 0.6) is 0 Å². The third-order valence-corrected chi connectivity index (χ3v) is 4.77. The van der Waals surface area contributed by atoms with Gasteiger partial charge < -0.3 is 0 Å². The number of nitrogens with zero attached hydrogens (tertiary/aromatic N) is 2. The zero-order valence-corrected chi connectivity index (χ0v) is 12.1. The molecule has 1 aromatic carbocycles. The van der Waals surface area contributed by atoms with Crippen LogP contribution in [0.1, 0.15) is 0 Å². The van der Waals surface area contributed by atoms with E-state index in [2.05, 4.69) is 15.5 Å². The average Bonchev–Trinajstić information content (AvgIpc) is 2.85. The Morgan fingerprint density at radius 2 is 2.11 bits per heavy atom. The second-order valence-corrected chi connectivity index (χ2v) is 6.31. The molecule has 0 fully saturated rings. The highest BCUT2D eigenvalue weighted by molar-refractivity contribution is 8.00. The largest absolute Gasteiger partial charge is 0.300 e. The Bertz CT molecular complexity index is 515. The summed E-state index contributed by atoms with van der Waals surface area (Å²) in [4.78, 5) is 12.8. The van der Waals surface area contributed by atoms with E-state index in [9.17, 15) is 4.79 Å². The Labute approximate surface area is 118 Å². The number of carbonyl (C=O) groups is 1. The lowest BCUT2D eigenvalue weighted by molar-refractivity contribution is -0.113. The standard InChI is InChI=1S/C11H11N3OS3/c1-16-11-14-13-10(18-11)12-9(15)7-17-8-5-3-2-4-6-8/h2-6H,7H2,1H3,(H,12,13,15). The lowest BCUT2D eigenvalue weighted by Crippen LogP contribution is -2.13. The molecule has 1 aromatic heterocycles. The van der Waals surface area contributed by atoms with Gasteiger partial charge in [0.2, 0.25) is 11.0 Å². The minimum absolute atomic E-state index is 0.0624. The molecular formula is C11H11N3OS3. The van der Waals surface area contributed by atoms with Crippen LogP contribution in [-0.4, -0.2) is 28.1 Å². The van der Waals surface area contributed by atoms with Crippen molar-refractivity contribution >= 4 is 45.9 Å². The van der Waals surface area contributed by atoms with E-state index in [-0.39, 0.29) is 5.91 Å². The third-order valence-electron chi connectivity index (χ3n) is 1.94. The van der Waals surface area contributed by atoms with Gasteiger partial charge in [0, 0.05) is 4.90 Å². The van der Waals surface area contributed by atoms with Gasteiger partial charge in [0.1, 0.15) is 0 Å². The first-order valence-electron chi connectivity index (χ1n) is 5.13. The van der Waals surface area contributed by atoms with Gasteiger partial charge in [0.15, 0.2) is 4.34 Å². The number of amides is 1. The molecule has 0 aliphatic heterocycles. The first-order chi connectivity index (χ1) is 8.78.